The molecule has 19 aromatic rings. The van der Waals surface area contributed by atoms with Crippen molar-refractivity contribution in [2.24, 2.45) is 4.99 Å². The molecule has 19 heteroatoms. The van der Waals surface area contributed by atoms with E-state index in [1.165, 1.54) is 71.5 Å². The van der Waals surface area contributed by atoms with Crippen molar-refractivity contribution in [2.75, 3.05) is 6.26 Å². The number of hydrogen-bond donors (Lipinski definition) is 6. The summed E-state index contributed by atoms with van der Waals surface area (Å²) >= 11 is 14.9. The molecule has 15 aromatic carbocycles. The number of phenols is 5. The number of para-hydroxylation sites is 2. The highest BCUT2D eigenvalue weighted by Gasteiger charge is 2.29. The summed E-state index contributed by atoms with van der Waals surface area (Å²) in [5.41, 5.74) is 22.4. The topological polar surface area (TPSA) is 207 Å². The number of benzene rings is 15. The summed E-state index contributed by atoms with van der Waals surface area (Å²) in [6.45, 7) is 39.4. The van der Waals surface area contributed by atoms with E-state index in [4.69, 9.17) is 20.5 Å². The van der Waals surface area contributed by atoms with Crippen molar-refractivity contribution >= 4 is 97.9 Å². The number of thiophene rings is 1. The molecule has 0 aliphatic rings. The van der Waals surface area contributed by atoms with E-state index >= 15 is 0 Å². The minimum atomic E-state index is -0.131. The van der Waals surface area contributed by atoms with Crippen LogP contribution in [-0.4, -0.2) is 63.3 Å². The second-order valence-electron chi connectivity index (χ2n) is 40.9. The van der Waals surface area contributed by atoms with Gasteiger partial charge in [0.15, 0.2) is 0 Å². The number of H-pyrrole nitrogens is 1. The predicted molar refractivity (Wildman–Crippen MR) is 612 cm³/mol. The first kappa shape index (κ1) is 107. The van der Waals surface area contributed by atoms with Crippen molar-refractivity contribution in [3.8, 4) is 95.9 Å². The highest BCUT2D eigenvalue weighted by atomic mass is 35.5. The molecule has 4 aromatic heterocycles. The van der Waals surface area contributed by atoms with Gasteiger partial charge in [0, 0.05) is 70.9 Å². The molecule has 0 radical (unpaired) electrons. The van der Waals surface area contributed by atoms with Gasteiger partial charge >= 0.3 is 0 Å². The molecule has 0 saturated carbocycles. The van der Waals surface area contributed by atoms with Crippen LogP contribution in [0.25, 0.3) is 88.8 Å². The number of aromatic nitrogens is 5. The van der Waals surface area contributed by atoms with Gasteiger partial charge in [0.05, 0.1) is 48.3 Å². The Morgan fingerprint density at radius 2 is 1.01 bits per heavy atom. The number of aliphatic imine (C=N–C) groups is 1. The van der Waals surface area contributed by atoms with Crippen molar-refractivity contribution in [3.05, 3.63) is 429 Å². The second-order valence-corrected chi connectivity index (χ2v) is 46.4. The van der Waals surface area contributed by atoms with Crippen LogP contribution in [0.2, 0.25) is 5.02 Å². The van der Waals surface area contributed by atoms with Gasteiger partial charge in [-0.25, -0.2) is 0 Å². The SMILES string of the molecule is CSc1ccccc1CN=Cc1cc(C(C)(C)C)cc(C(C)(C)C)c1O.Cc1cc(-c2cccc3ccccc23)c(O)c(C(SCc2ccccc2)c2ccccc2)c1.Cc1cc(Sc2ccc(C(C)(C)C)cc2)c(O)c(Sc2ccc(C(C)(C)C)cc2)c1.Cc1cccc(Cl)c1-c1noc(-c2cc(C(C)(C)C)cc(-c3ccccc3)c2O)n1.Oc1ccccc1-c1nnco1.c1csc(-c2cc3ccccc3[nH]2)c1. The number of rotatable bonds is 19. The molecule has 0 bridgehead atoms. The largest absolute Gasteiger partial charge is 0.507 e. The molecule has 0 fully saturated rings. The Kier molecular flexibility index (Phi) is 35.5. The smallest absolute Gasteiger partial charge is 0.262 e. The maximum absolute atomic E-state index is 11.6. The van der Waals surface area contributed by atoms with Crippen LogP contribution in [-0.2, 0) is 39.4 Å². The van der Waals surface area contributed by atoms with Crippen molar-refractivity contribution in [2.45, 2.75) is 194 Å². The summed E-state index contributed by atoms with van der Waals surface area (Å²) in [4.78, 5) is 19.2. The van der Waals surface area contributed by atoms with E-state index in [-0.39, 0.29) is 49.7 Å². The molecule has 1 atom stereocenters. The van der Waals surface area contributed by atoms with E-state index in [1.54, 1.807) is 77.0 Å². The molecule has 0 amide bonds. The fraction of sp³-hybridized carbons (Fsp3) is 0.214. The maximum Gasteiger partial charge on any atom is 0.262 e. The van der Waals surface area contributed by atoms with Gasteiger partial charge in [-0.15, -0.1) is 45.1 Å². The predicted octanol–water partition coefficient (Wildman–Crippen LogP) is 35.8. The maximum atomic E-state index is 11.6. The Morgan fingerprint density at radius 3 is 1.61 bits per heavy atom. The molecule has 1 unspecified atom stereocenters. The molecule has 145 heavy (non-hydrogen) atoms. The number of nitrogens with zero attached hydrogens (tertiary/aromatic N) is 5. The molecule has 0 aliphatic heterocycles. The normalized spacial score (nSPS) is 11.8. The zero-order chi connectivity index (χ0) is 103. The quantitative estimate of drug-likeness (QED) is 0.0329. The highest BCUT2D eigenvalue weighted by molar-refractivity contribution is 8.00. The lowest BCUT2D eigenvalue weighted by Gasteiger charge is -2.27. The van der Waals surface area contributed by atoms with Crippen molar-refractivity contribution in [1.29, 1.82) is 0 Å². The molecule has 740 valence electrons. The lowest BCUT2D eigenvalue weighted by molar-refractivity contribution is 0.425. The fourth-order valence-corrected chi connectivity index (χ4v) is 21.3. The summed E-state index contributed by atoms with van der Waals surface area (Å²) in [7, 11) is 0. The van der Waals surface area contributed by atoms with Gasteiger partial charge in [0.1, 0.15) is 28.7 Å². The van der Waals surface area contributed by atoms with Gasteiger partial charge in [0.2, 0.25) is 12.2 Å². The lowest BCUT2D eigenvalue weighted by atomic mass is 9.79. The molecular formula is C126H127ClN6O7S5. The summed E-state index contributed by atoms with van der Waals surface area (Å²) < 4.78 is 10.5. The van der Waals surface area contributed by atoms with Crippen molar-refractivity contribution < 1.29 is 34.5 Å². The van der Waals surface area contributed by atoms with E-state index in [1.807, 2.05) is 104 Å². The van der Waals surface area contributed by atoms with Crippen LogP contribution in [0.1, 0.15) is 181 Å². The third-order valence-electron chi connectivity index (χ3n) is 24.6. The molecule has 0 aliphatic carbocycles. The molecule has 4 heterocycles. The number of aromatic hydroxyl groups is 5. The number of phenolic OH excluding ortho intramolecular Hbond substituents is 5. The Bertz CT molecular complexity index is 7430. The number of aryl methyl sites for hydroxylation is 3. The highest BCUT2D eigenvalue weighted by Crippen LogP contribution is 2.50. The molecule has 6 N–H and O–H groups in total. The Morgan fingerprint density at radius 1 is 0.455 bits per heavy atom. The fourth-order valence-electron chi connectivity index (χ4n) is 16.4. The van der Waals surface area contributed by atoms with Gasteiger partial charge in [-0.05, 0) is 240 Å². The van der Waals surface area contributed by atoms with E-state index in [2.05, 4.69) is 390 Å². The summed E-state index contributed by atoms with van der Waals surface area (Å²) in [5, 5.41) is 71.5. The summed E-state index contributed by atoms with van der Waals surface area (Å²) in [5.74, 6) is 3.17. The average Bonchev–Trinajstić information content (AvgIpc) is 1.75. The summed E-state index contributed by atoms with van der Waals surface area (Å²) in [6.07, 6.45) is 5.12. The van der Waals surface area contributed by atoms with Crippen molar-refractivity contribution in [3.63, 3.8) is 0 Å². The number of halogens is 1. The van der Waals surface area contributed by atoms with Crippen LogP contribution >= 0.6 is 70.0 Å². The minimum absolute atomic E-state index is 0.0156. The first-order chi connectivity index (χ1) is 69.2. The lowest BCUT2D eigenvalue weighted by Crippen LogP contribution is -2.17. The number of fused-ring (bicyclic) bond motifs is 2. The number of aromatic amines is 1. The first-order valence-electron chi connectivity index (χ1n) is 48.4. The van der Waals surface area contributed by atoms with E-state index in [0.29, 0.717) is 51.7 Å². The average molecular weight is 2030 g/mol. The van der Waals surface area contributed by atoms with Crippen LogP contribution in [0, 0.1) is 20.8 Å². The Labute approximate surface area is 880 Å². The van der Waals surface area contributed by atoms with Crippen LogP contribution in [0.5, 0.6) is 28.7 Å². The van der Waals surface area contributed by atoms with E-state index in [9.17, 15) is 25.5 Å². The Hall–Kier alpha value is -13.6. The molecular weight excluding hydrogens is 1910 g/mol. The third kappa shape index (κ3) is 28.2. The van der Waals surface area contributed by atoms with Crippen LogP contribution in [0.3, 0.4) is 0 Å². The minimum Gasteiger partial charge on any atom is -0.507 e. The first-order valence-corrected chi connectivity index (χ1v) is 53.5. The van der Waals surface area contributed by atoms with Crippen LogP contribution in [0.15, 0.2) is 390 Å². The van der Waals surface area contributed by atoms with Gasteiger partial charge < -0.3 is 39.5 Å². The van der Waals surface area contributed by atoms with Crippen molar-refractivity contribution in [1.82, 2.24) is 25.3 Å². The van der Waals surface area contributed by atoms with Crippen LogP contribution in [0.4, 0.5) is 0 Å². The standard InChI is InChI=1S/C31H26OS.C27H32OS2.C25H23ClN2O2.C23H31NOS.C12H9NS.C8H6N2O2/c1-22-19-28(27-18-10-16-24-13-8-9-17-26(24)27)30(32)29(20-22)31(25-14-6-3-7-15-25)33-21-23-11-4-2-5-12-23;1-18-16-23(29-21-12-8-19(9-13-21)26(2,3)4)25(28)24(17-18)30-22-14-10-20(11-15-22)27(5,6)7;1-15-9-8-12-20(26)21(15)23-27-24(30-28-23)19-14-17(25(2,3)4)13-18(22(19)29)16-10-6-5-7-11-16;1-22(2,3)18-12-17(21(25)19(13-18)23(4,5)6)15-24-14-16-10-8-9-11-20(16)26-7;1-2-5-10-9(4-1)8-11(13-10)12-6-3-7-14-12;11-7-4-2-1-3-6(7)8-10-9-5-12-8/h2-20,31-32H,21H2,1H3;8-17,28H,1-7H3;5-14,29H,1-4H3;8-13,15,25H,14H2,1-7H3;1-8,13H;1-5,11H. The number of thioether (sulfide) groups is 2. The monoisotopic (exact) mass is 2030 g/mol. The number of hydrogen-bond acceptors (Lipinski definition) is 17. The zero-order valence-corrected chi connectivity index (χ0v) is 90.6. The van der Waals surface area contributed by atoms with E-state index < -0.39 is 0 Å². The molecule has 0 spiro atoms. The summed E-state index contributed by atoms with van der Waals surface area (Å²) in [6, 6.07) is 115. The van der Waals surface area contributed by atoms with E-state index in [0.717, 1.165) is 97.5 Å². The van der Waals surface area contributed by atoms with Crippen LogP contribution < -0.4 is 0 Å². The van der Waals surface area contributed by atoms with Gasteiger partial charge in [-0.2, -0.15) is 4.98 Å². The van der Waals surface area contributed by atoms with Gasteiger partial charge in [0.25, 0.3) is 11.8 Å². The second kappa shape index (κ2) is 48.0. The third-order valence-corrected chi connectivity index (χ3v) is 30.1. The molecule has 19 rings (SSSR count). The van der Waals surface area contributed by atoms with Gasteiger partial charge in [-0.1, -0.05) is 381 Å². The number of nitrogens with one attached hydrogen (secondary N) is 1. The zero-order valence-electron chi connectivity index (χ0n) is 85.8. The van der Waals surface area contributed by atoms with Gasteiger partial charge in [-0.3, -0.25) is 4.99 Å². The molecule has 0 saturated heterocycles. The Balaban J connectivity index is 0.000000141. The molecule has 13 nitrogen and oxygen atoms in total.